The second-order valence-electron chi connectivity index (χ2n) is 4.55. The number of carboxylic acids is 1. The fraction of sp³-hybridized carbons (Fsp3) is 0.385. The van der Waals surface area contributed by atoms with Gasteiger partial charge in [-0.3, -0.25) is 4.79 Å². The van der Waals surface area contributed by atoms with Crippen molar-refractivity contribution in [2.75, 3.05) is 0 Å². The number of amides is 2. The van der Waals surface area contributed by atoms with E-state index in [4.69, 9.17) is 5.11 Å². The zero-order valence-corrected chi connectivity index (χ0v) is 10.1. The maximum Gasteiger partial charge on any atom is 0.325 e. The molecule has 18 heavy (non-hydrogen) atoms. The Balaban J connectivity index is 1.86. The van der Waals surface area contributed by atoms with E-state index in [1.807, 2.05) is 12.1 Å². The van der Waals surface area contributed by atoms with Gasteiger partial charge in [0.1, 0.15) is 6.04 Å². The highest BCUT2D eigenvalue weighted by Crippen LogP contribution is 2.21. The van der Waals surface area contributed by atoms with Crippen molar-refractivity contribution in [1.82, 2.24) is 10.6 Å². The Morgan fingerprint density at radius 3 is 2.33 bits per heavy atom. The predicted molar refractivity (Wildman–Crippen MR) is 66.4 cm³/mol. The van der Waals surface area contributed by atoms with Gasteiger partial charge in [-0.05, 0) is 30.9 Å². The van der Waals surface area contributed by atoms with E-state index < -0.39 is 18.0 Å². The first-order valence-electron chi connectivity index (χ1n) is 5.93. The molecule has 96 valence electrons. The van der Waals surface area contributed by atoms with Crippen LogP contribution in [0.15, 0.2) is 24.3 Å². The number of hydrogen-bond donors (Lipinski definition) is 3. The van der Waals surface area contributed by atoms with E-state index in [1.165, 1.54) is 18.1 Å². The van der Waals surface area contributed by atoms with Crippen LogP contribution >= 0.6 is 0 Å². The minimum Gasteiger partial charge on any atom is -0.480 e. The predicted octanol–water partition coefficient (Wildman–Crippen LogP) is 0.926. The van der Waals surface area contributed by atoms with Crippen LogP contribution in [0.25, 0.3) is 0 Å². The van der Waals surface area contributed by atoms with Crippen molar-refractivity contribution in [3.8, 4) is 0 Å². The van der Waals surface area contributed by atoms with Crippen LogP contribution in [0.5, 0.6) is 0 Å². The van der Waals surface area contributed by atoms with Crippen LogP contribution in [-0.4, -0.2) is 29.2 Å². The standard InChI is InChI=1S/C13H16N2O3/c1-8(12(16)17)14-13(18)15-11-6-9-4-2-3-5-10(9)7-11/h2-5,8,11H,6-7H2,1H3,(H,16,17)(H2,14,15,18)/t8-/m0/s1. The van der Waals surface area contributed by atoms with E-state index in [0.717, 1.165) is 12.8 Å². The molecular formula is C13H16N2O3. The molecule has 0 aliphatic heterocycles. The fourth-order valence-corrected chi connectivity index (χ4v) is 2.15. The minimum atomic E-state index is -1.04. The topological polar surface area (TPSA) is 78.4 Å². The lowest BCUT2D eigenvalue weighted by Gasteiger charge is -2.15. The van der Waals surface area contributed by atoms with Crippen LogP contribution in [-0.2, 0) is 17.6 Å². The summed E-state index contributed by atoms with van der Waals surface area (Å²) >= 11 is 0. The number of benzene rings is 1. The smallest absolute Gasteiger partial charge is 0.325 e. The van der Waals surface area contributed by atoms with Gasteiger partial charge in [-0.1, -0.05) is 24.3 Å². The van der Waals surface area contributed by atoms with Gasteiger partial charge in [0.15, 0.2) is 0 Å². The lowest BCUT2D eigenvalue weighted by Crippen LogP contribution is -2.48. The van der Waals surface area contributed by atoms with Crippen LogP contribution in [0.1, 0.15) is 18.1 Å². The number of nitrogens with one attached hydrogen (secondary N) is 2. The van der Waals surface area contributed by atoms with Gasteiger partial charge in [0.05, 0.1) is 0 Å². The molecule has 0 heterocycles. The summed E-state index contributed by atoms with van der Waals surface area (Å²) in [6, 6.07) is 6.80. The molecule has 0 bridgehead atoms. The number of carbonyl (C=O) groups is 2. The summed E-state index contributed by atoms with van der Waals surface area (Å²) in [4.78, 5) is 22.2. The summed E-state index contributed by atoms with van der Waals surface area (Å²) in [5, 5.41) is 13.9. The van der Waals surface area contributed by atoms with Crippen molar-refractivity contribution in [2.45, 2.75) is 31.8 Å². The van der Waals surface area contributed by atoms with Gasteiger partial charge in [-0.2, -0.15) is 0 Å². The summed E-state index contributed by atoms with van der Waals surface area (Å²) in [5.41, 5.74) is 2.49. The average Bonchev–Trinajstić information content (AvgIpc) is 2.70. The Bertz CT molecular complexity index is 448. The average molecular weight is 248 g/mol. The Morgan fingerprint density at radius 2 is 1.83 bits per heavy atom. The molecule has 0 saturated carbocycles. The summed E-state index contributed by atoms with van der Waals surface area (Å²) in [6.45, 7) is 1.44. The lowest BCUT2D eigenvalue weighted by atomic mass is 10.1. The molecule has 0 fully saturated rings. The van der Waals surface area contributed by atoms with Gasteiger partial charge in [0.2, 0.25) is 0 Å². The molecule has 1 aromatic carbocycles. The second-order valence-corrected chi connectivity index (χ2v) is 4.55. The van der Waals surface area contributed by atoms with E-state index in [1.54, 1.807) is 0 Å². The first-order valence-corrected chi connectivity index (χ1v) is 5.93. The Hall–Kier alpha value is -2.04. The number of hydrogen-bond acceptors (Lipinski definition) is 2. The van der Waals surface area contributed by atoms with Crippen molar-refractivity contribution in [2.24, 2.45) is 0 Å². The van der Waals surface area contributed by atoms with Crippen molar-refractivity contribution in [3.63, 3.8) is 0 Å². The maximum atomic E-state index is 11.6. The van der Waals surface area contributed by atoms with E-state index >= 15 is 0 Å². The minimum absolute atomic E-state index is 0.0448. The molecule has 0 aromatic heterocycles. The largest absolute Gasteiger partial charge is 0.480 e. The molecule has 1 atom stereocenters. The van der Waals surface area contributed by atoms with Crippen molar-refractivity contribution in [3.05, 3.63) is 35.4 Å². The third-order valence-electron chi connectivity index (χ3n) is 3.10. The van der Waals surface area contributed by atoms with Gasteiger partial charge in [0.25, 0.3) is 0 Å². The molecule has 1 aromatic rings. The molecule has 5 nitrogen and oxygen atoms in total. The molecule has 0 unspecified atom stereocenters. The summed E-state index contributed by atoms with van der Waals surface area (Å²) < 4.78 is 0. The number of carboxylic acid groups (broad SMARTS) is 1. The van der Waals surface area contributed by atoms with E-state index in [-0.39, 0.29) is 6.04 Å². The monoisotopic (exact) mass is 248 g/mol. The highest BCUT2D eigenvalue weighted by atomic mass is 16.4. The summed E-state index contributed by atoms with van der Waals surface area (Å²) in [6.07, 6.45) is 1.59. The van der Waals surface area contributed by atoms with Gasteiger partial charge in [0, 0.05) is 6.04 Å². The Labute approximate surface area is 105 Å². The number of rotatable bonds is 3. The van der Waals surface area contributed by atoms with Gasteiger partial charge >= 0.3 is 12.0 Å². The number of fused-ring (bicyclic) bond motifs is 1. The number of carbonyl (C=O) groups excluding carboxylic acids is 1. The molecular weight excluding hydrogens is 232 g/mol. The summed E-state index contributed by atoms with van der Waals surface area (Å²) in [5.74, 6) is -1.04. The molecule has 0 radical (unpaired) electrons. The van der Waals surface area contributed by atoms with Crippen LogP contribution in [0.2, 0.25) is 0 Å². The molecule has 2 rings (SSSR count). The third-order valence-corrected chi connectivity index (χ3v) is 3.10. The third kappa shape index (κ3) is 2.80. The zero-order chi connectivity index (χ0) is 13.1. The Kier molecular flexibility index (Phi) is 3.50. The molecule has 1 aliphatic carbocycles. The molecule has 2 amide bonds. The molecule has 0 saturated heterocycles. The SMILES string of the molecule is C[C@H](NC(=O)NC1Cc2ccccc2C1)C(=O)O. The number of aliphatic carboxylic acids is 1. The summed E-state index contributed by atoms with van der Waals surface area (Å²) in [7, 11) is 0. The second kappa shape index (κ2) is 5.08. The van der Waals surface area contributed by atoms with Gasteiger partial charge in [-0.15, -0.1) is 0 Å². The molecule has 3 N–H and O–H groups in total. The molecule has 5 heteroatoms. The molecule has 0 spiro atoms. The van der Waals surface area contributed by atoms with Crippen molar-refractivity contribution >= 4 is 12.0 Å². The van der Waals surface area contributed by atoms with Gasteiger partial charge in [-0.25, -0.2) is 4.79 Å². The van der Waals surface area contributed by atoms with Crippen molar-refractivity contribution < 1.29 is 14.7 Å². The van der Waals surface area contributed by atoms with Crippen molar-refractivity contribution in [1.29, 1.82) is 0 Å². The number of urea groups is 1. The quantitative estimate of drug-likeness (QED) is 0.744. The first kappa shape index (κ1) is 12.4. The van der Waals surface area contributed by atoms with Crippen LogP contribution in [0.3, 0.4) is 0 Å². The molecule has 1 aliphatic rings. The highest BCUT2D eigenvalue weighted by Gasteiger charge is 2.23. The van der Waals surface area contributed by atoms with Gasteiger partial charge < -0.3 is 15.7 Å². The normalized spacial score (nSPS) is 15.8. The lowest BCUT2D eigenvalue weighted by molar-refractivity contribution is -0.138. The maximum absolute atomic E-state index is 11.6. The highest BCUT2D eigenvalue weighted by molar-refractivity contribution is 5.82. The van der Waals surface area contributed by atoms with E-state index in [2.05, 4.69) is 22.8 Å². The van der Waals surface area contributed by atoms with Crippen LogP contribution in [0.4, 0.5) is 4.79 Å². The van der Waals surface area contributed by atoms with Crippen LogP contribution < -0.4 is 10.6 Å². The zero-order valence-electron chi connectivity index (χ0n) is 10.1. The Morgan fingerprint density at radius 1 is 1.28 bits per heavy atom. The van der Waals surface area contributed by atoms with Crippen LogP contribution in [0, 0.1) is 0 Å². The first-order chi connectivity index (χ1) is 8.56. The fourth-order valence-electron chi connectivity index (χ4n) is 2.15. The van der Waals surface area contributed by atoms with E-state index in [9.17, 15) is 9.59 Å². The van der Waals surface area contributed by atoms with E-state index in [0.29, 0.717) is 0 Å².